The average molecular weight is 365 g/mol. The van der Waals surface area contributed by atoms with Gasteiger partial charge in [0.15, 0.2) is 11.5 Å². The van der Waals surface area contributed by atoms with Gasteiger partial charge in [-0.05, 0) is 35.2 Å². The molecule has 1 aromatic heterocycles. The first-order valence-electron chi connectivity index (χ1n) is 8.95. The SMILES string of the molecule is COc1ccc(-c2c(CN3CCc4ccccc4C3)noc2N)cc1OC. The number of ether oxygens (including phenoxy) is 2. The maximum Gasteiger partial charge on any atom is 0.230 e. The fourth-order valence-corrected chi connectivity index (χ4v) is 3.65. The van der Waals surface area contributed by atoms with Crippen molar-refractivity contribution in [2.24, 2.45) is 0 Å². The first kappa shape index (κ1) is 17.4. The number of methoxy groups -OCH3 is 2. The van der Waals surface area contributed by atoms with Gasteiger partial charge in [0, 0.05) is 19.6 Å². The molecule has 0 unspecified atom stereocenters. The van der Waals surface area contributed by atoms with Crippen LogP contribution in [0.4, 0.5) is 5.88 Å². The van der Waals surface area contributed by atoms with E-state index < -0.39 is 0 Å². The zero-order chi connectivity index (χ0) is 18.8. The van der Waals surface area contributed by atoms with Gasteiger partial charge in [0.05, 0.1) is 19.8 Å². The normalized spacial score (nSPS) is 14.0. The van der Waals surface area contributed by atoms with Crippen molar-refractivity contribution in [2.75, 3.05) is 26.5 Å². The Balaban J connectivity index is 1.61. The second-order valence-corrected chi connectivity index (χ2v) is 6.67. The number of nitrogens with two attached hydrogens (primary N) is 1. The molecule has 2 N–H and O–H groups in total. The number of hydrogen-bond acceptors (Lipinski definition) is 6. The molecule has 2 heterocycles. The number of fused-ring (bicyclic) bond motifs is 1. The maximum absolute atomic E-state index is 6.10. The molecule has 0 saturated heterocycles. The van der Waals surface area contributed by atoms with Gasteiger partial charge in [0.2, 0.25) is 5.88 Å². The third kappa shape index (κ3) is 3.36. The molecule has 0 amide bonds. The second kappa shape index (κ2) is 7.32. The van der Waals surface area contributed by atoms with Gasteiger partial charge in [0.25, 0.3) is 0 Å². The molecular formula is C21H23N3O3. The van der Waals surface area contributed by atoms with E-state index in [1.54, 1.807) is 14.2 Å². The van der Waals surface area contributed by atoms with Crippen molar-refractivity contribution in [1.82, 2.24) is 10.1 Å². The summed E-state index contributed by atoms with van der Waals surface area (Å²) in [6.45, 7) is 2.56. The Bertz CT molecular complexity index is 952. The van der Waals surface area contributed by atoms with Crippen LogP contribution in [0.3, 0.4) is 0 Å². The highest BCUT2D eigenvalue weighted by atomic mass is 16.5. The van der Waals surface area contributed by atoms with Gasteiger partial charge in [-0.15, -0.1) is 0 Å². The van der Waals surface area contributed by atoms with Crippen molar-refractivity contribution in [3.8, 4) is 22.6 Å². The molecule has 1 aliphatic heterocycles. The van der Waals surface area contributed by atoms with E-state index in [0.717, 1.165) is 36.3 Å². The summed E-state index contributed by atoms with van der Waals surface area (Å²) >= 11 is 0. The van der Waals surface area contributed by atoms with Crippen molar-refractivity contribution in [1.29, 1.82) is 0 Å². The fraction of sp³-hybridized carbons (Fsp3) is 0.286. The predicted octanol–water partition coefficient (Wildman–Crippen LogP) is 3.50. The van der Waals surface area contributed by atoms with E-state index >= 15 is 0 Å². The van der Waals surface area contributed by atoms with Gasteiger partial charge < -0.3 is 19.7 Å². The van der Waals surface area contributed by atoms with Crippen molar-refractivity contribution in [3.63, 3.8) is 0 Å². The van der Waals surface area contributed by atoms with E-state index in [1.165, 1.54) is 11.1 Å². The molecule has 4 rings (SSSR count). The molecule has 27 heavy (non-hydrogen) atoms. The maximum atomic E-state index is 6.10. The quantitative estimate of drug-likeness (QED) is 0.746. The van der Waals surface area contributed by atoms with Gasteiger partial charge in [-0.2, -0.15) is 0 Å². The second-order valence-electron chi connectivity index (χ2n) is 6.67. The Hall–Kier alpha value is -2.99. The van der Waals surface area contributed by atoms with Crippen LogP contribution < -0.4 is 15.2 Å². The van der Waals surface area contributed by atoms with E-state index in [0.29, 0.717) is 23.9 Å². The van der Waals surface area contributed by atoms with Crippen LogP contribution in [0.1, 0.15) is 16.8 Å². The van der Waals surface area contributed by atoms with Gasteiger partial charge in [-0.1, -0.05) is 35.5 Å². The van der Waals surface area contributed by atoms with E-state index in [-0.39, 0.29) is 0 Å². The molecule has 0 aliphatic carbocycles. The zero-order valence-electron chi connectivity index (χ0n) is 15.6. The molecule has 1 aliphatic rings. The summed E-state index contributed by atoms with van der Waals surface area (Å²) in [5.74, 6) is 1.63. The standard InChI is InChI=1S/C21H23N3O3/c1-25-18-8-7-15(11-19(18)26-2)20-17(23-27-21(20)22)13-24-10-9-14-5-3-4-6-16(14)12-24/h3-8,11H,9-10,12-13,22H2,1-2H3. The molecular weight excluding hydrogens is 342 g/mol. The highest BCUT2D eigenvalue weighted by Gasteiger charge is 2.22. The van der Waals surface area contributed by atoms with Crippen LogP contribution in [-0.2, 0) is 19.5 Å². The predicted molar refractivity (Wildman–Crippen MR) is 104 cm³/mol. The van der Waals surface area contributed by atoms with Crippen molar-refractivity contribution in [3.05, 3.63) is 59.3 Å². The summed E-state index contributed by atoms with van der Waals surface area (Å²) < 4.78 is 16.1. The van der Waals surface area contributed by atoms with Gasteiger partial charge in [0.1, 0.15) is 5.69 Å². The topological polar surface area (TPSA) is 73.8 Å². The van der Waals surface area contributed by atoms with Crippen LogP contribution in [0, 0.1) is 0 Å². The first-order valence-corrected chi connectivity index (χ1v) is 8.95. The van der Waals surface area contributed by atoms with Crippen molar-refractivity contribution in [2.45, 2.75) is 19.5 Å². The zero-order valence-corrected chi connectivity index (χ0v) is 15.6. The monoisotopic (exact) mass is 365 g/mol. The summed E-state index contributed by atoms with van der Waals surface area (Å²) in [6.07, 6.45) is 1.04. The van der Waals surface area contributed by atoms with Crippen molar-refractivity contribution < 1.29 is 14.0 Å². The molecule has 0 fully saturated rings. The largest absolute Gasteiger partial charge is 0.493 e. The lowest BCUT2D eigenvalue weighted by atomic mass is 9.99. The number of nitrogen functional groups attached to an aromatic ring is 1. The summed E-state index contributed by atoms with van der Waals surface area (Å²) in [7, 11) is 3.23. The molecule has 0 saturated carbocycles. The fourth-order valence-electron chi connectivity index (χ4n) is 3.65. The molecule has 6 heteroatoms. The van der Waals surface area contributed by atoms with Crippen LogP contribution in [0.25, 0.3) is 11.1 Å². The number of rotatable bonds is 5. The summed E-state index contributed by atoms with van der Waals surface area (Å²) in [4.78, 5) is 2.36. The lowest BCUT2D eigenvalue weighted by molar-refractivity contribution is 0.238. The summed E-state index contributed by atoms with van der Waals surface area (Å²) in [6, 6.07) is 14.3. The number of benzene rings is 2. The average Bonchev–Trinajstić information content (AvgIpc) is 3.07. The Morgan fingerprint density at radius 2 is 1.85 bits per heavy atom. The minimum Gasteiger partial charge on any atom is -0.493 e. The molecule has 0 bridgehead atoms. The third-order valence-corrected chi connectivity index (χ3v) is 5.04. The first-order chi connectivity index (χ1) is 13.2. The minimum absolute atomic E-state index is 0.314. The molecule has 0 atom stereocenters. The number of anilines is 1. The highest BCUT2D eigenvalue weighted by Crippen LogP contribution is 2.37. The number of nitrogens with zero attached hydrogens (tertiary/aromatic N) is 2. The molecule has 0 radical (unpaired) electrons. The lowest BCUT2D eigenvalue weighted by Crippen LogP contribution is -2.30. The lowest BCUT2D eigenvalue weighted by Gasteiger charge is -2.28. The van der Waals surface area contributed by atoms with E-state index in [4.69, 9.17) is 19.7 Å². The number of aromatic nitrogens is 1. The van der Waals surface area contributed by atoms with Crippen LogP contribution in [-0.4, -0.2) is 30.8 Å². The Kier molecular flexibility index (Phi) is 4.73. The van der Waals surface area contributed by atoms with E-state index in [9.17, 15) is 0 Å². The van der Waals surface area contributed by atoms with Crippen LogP contribution in [0.5, 0.6) is 11.5 Å². The third-order valence-electron chi connectivity index (χ3n) is 5.04. The van der Waals surface area contributed by atoms with E-state index in [1.807, 2.05) is 18.2 Å². The Morgan fingerprint density at radius 3 is 2.63 bits per heavy atom. The molecule has 6 nitrogen and oxygen atoms in total. The Morgan fingerprint density at radius 1 is 1.07 bits per heavy atom. The molecule has 140 valence electrons. The number of hydrogen-bond donors (Lipinski definition) is 1. The van der Waals surface area contributed by atoms with E-state index in [2.05, 4.69) is 34.3 Å². The van der Waals surface area contributed by atoms with Crippen LogP contribution in [0.15, 0.2) is 47.0 Å². The highest BCUT2D eigenvalue weighted by molar-refractivity contribution is 5.77. The smallest absolute Gasteiger partial charge is 0.230 e. The van der Waals surface area contributed by atoms with Crippen LogP contribution in [0.2, 0.25) is 0 Å². The molecule has 2 aromatic carbocycles. The van der Waals surface area contributed by atoms with Gasteiger partial charge in [-0.25, -0.2) is 0 Å². The minimum atomic E-state index is 0.314. The molecule has 3 aromatic rings. The van der Waals surface area contributed by atoms with Crippen LogP contribution >= 0.6 is 0 Å². The Labute approximate surface area is 158 Å². The summed E-state index contributed by atoms with van der Waals surface area (Å²) in [5, 5.41) is 4.23. The molecule has 0 spiro atoms. The van der Waals surface area contributed by atoms with Crippen molar-refractivity contribution >= 4 is 5.88 Å². The van der Waals surface area contributed by atoms with Gasteiger partial charge >= 0.3 is 0 Å². The summed E-state index contributed by atoms with van der Waals surface area (Å²) in [5.41, 5.74) is 11.4. The van der Waals surface area contributed by atoms with Gasteiger partial charge in [-0.3, -0.25) is 4.90 Å².